The molecule has 0 radical (unpaired) electrons. The summed E-state index contributed by atoms with van der Waals surface area (Å²) in [4.78, 5) is 27.7. The fourth-order valence-electron chi connectivity index (χ4n) is 3.94. The third-order valence-electron chi connectivity index (χ3n) is 5.46. The third-order valence-corrected chi connectivity index (χ3v) is 5.46. The Morgan fingerprint density at radius 2 is 1.71 bits per heavy atom. The van der Waals surface area contributed by atoms with Gasteiger partial charge >= 0.3 is 0 Å². The highest BCUT2D eigenvalue weighted by atomic mass is 16.5. The largest absolute Gasteiger partial charge is 0.491 e. The number of hydrogen-bond acceptors (Lipinski definition) is 3. The molecule has 0 aliphatic carbocycles. The molecule has 1 heterocycles. The van der Waals surface area contributed by atoms with Crippen LogP contribution in [0.1, 0.15) is 50.8 Å². The van der Waals surface area contributed by atoms with Gasteiger partial charge < -0.3 is 15.0 Å². The minimum atomic E-state index is -0.456. The second-order valence-corrected chi connectivity index (χ2v) is 8.96. The van der Waals surface area contributed by atoms with Crippen LogP contribution in [0.2, 0.25) is 0 Å². The van der Waals surface area contributed by atoms with E-state index in [0.717, 1.165) is 28.9 Å². The molecule has 5 heteroatoms. The van der Waals surface area contributed by atoms with Crippen LogP contribution in [0.25, 0.3) is 0 Å². The highest BCUT2D eigenvalue weighted by molar-refractivity contribution is 5.88. The Morgan fingerprint density at radius 1 is 1.03 bits per heavy atom. The predicted molar refractivity (Wildman–Crippen MR) is 123 cm³/mol. The van der Waals surface area contributed by atoms with Crippen molar-refractivity contribution >= 4 is 11.8 Å². The summed E-state index contributed by atoms with van der Waals surface area (Å²) in [6.45, 7) is 9.10. The van der Waals surface area contributed by atoms with Crippen molar-refractivity contribution < 1.29 is 14.3 Å². The van der Waals surface area contributed by atoms with E-state index in [1.54, 1.807) is 4.90 Å². The number of nitrogens with zero attached hydrogens (tertiary/aromatic N) is 1. The Hall–Kier alpha value is -2.82. The van der Waals surface area contributed by atoms with Gasteiger partial charge in [0.1, 0.15) is 11.8 Å². The monoisotopic (exact) mass is 422 g/mol. The molecule has 0 saturated heterocycles. The molecule has 1 N–H and O–H groups in total. The molecule has 31 heavy (non-hydrogen) atoms. The number of hydrogen-bond donors (Lipinski definition) is 1. The normalized spacial score (nSPS) is 15.7. The summed E-state index contributed by atoms with van der Waals surface area (Å²) in [6.07, 6.45) is 1.90. The lowest BCUT2D eigenvalue weighted by molar-refractivity contribution is -0.142. The lowest BCUT2D eigenvalue weighted by Crippen LogP contribution is -2.53. The van der Waals surface area contributed by atoms with Crippen molar-refractivity contribution in [3.63, 3.8) is 0 Å². The standard InChI is InChI=1S/C26H34N2O3/c1-18(2)15-25(29)28-17-22-8-6-5-7-21(22)16-24(28)26(30)27-14-13-20-9-11-23(12-10-20)31-19(3)4/h5-12,18-19,24H,13-17H2,1-4H3,(H,27,30). The molecule has 0 aromatic heterocycles. The van der Waals surface area contributed by atoms with E-state index in [0.29, 0.717) is 25.9 Å². The summed E-state index contributed by atoms with van der Waals surface area (Å²) >= 11 is 0. The van der Waals surface area contributed by atoms with E-state index in [1.165, 1.54) is 0 Å². The van der Waals surface area contributed by atoms with Crippen LogP contribution in [0.3, 0.4) is 0 Å². The lowest BCUT2D eigenvalue weighted by Gasteiger charge is -2.36. The Kier molecular flexibility index (Phi) is 7.72. The molecule has 0 spiro atoms. The number of nitrogens with one attached hydrogen (secondary N) is 1. The van der Waals surface area contributed by atoms with E-state index in [9.17, 15) is 9.59 Å². The van der Waals surface area contributed by atoms with E-state index in [4.69, 9.17) is 4.74 Å². The SMILES string of the molecule is CC(C)CC(=O)N1Cc2ccccc2CC1C(=O)NCCc1ccc(OC(C)C)cc1. The number of amides is 2. The van der Waals surface area contributed by atoms with Gasteiger partial charge in [-0.3, -0.25) is 9.59 Å². The third kappa shape index (κ3) is 6.33. The van der Waals surface area contributed by atoms with Gasteiger partial charge in [0.05, 0.1) is 6.10 Å². The van der Waals surface area contributed by atoms with Gasteiger partial charge in [0.15, 0.2) is 0 Å². The zero-order valence-corrected chi connectivity index (χ0v) is 19.1. The highest BCUT2D eigenvalue weighted by Gasteiger charge is 2.34. The maximum absolute atomic E-state index is 13.0. The van der Waals surface area contributed by atoms with Gasteiger partial charge in [-0.05, 0) is 55.0 Å². The van der Waals surface area contributed by atoms with Crippen molar-refractivity contribution in [1.82, 2.24) is 10.2 Å². The number of fused-ring (bicyclic) bond motifs is 1. The molecule has 1 aliphatic heterocycles. The first-order valence-electron chi connectivity index (χ1n) is 11.2. The van der Waals surface area contributed by atoms with Gasteiger partial charge in [0.25, 0.3) is 0 Å². The number of rotatable bonds is 8. The number of benzene rings is 2. The zero-order chi connectivity index (χ0) is 22.4. The van der Waals surface area contributed by atoms with E-state index in [2.05, 4.69) is 11.4 Å². The maximum atomic E-state index is 13.0. The van der Waals surface area contributed by atoms with Crippen molar-refractivity contribution in [2.24, 2.45) is 5.92 Å². The van der Waals surface area contributed by atoms with Gasteiger partial charge in [0, 0.05) is 25.9 Å². The van der Waals surface area contributed by atoms with Crippen molar-refractivity contribution in [3.05, 3.63) is 65.2 Å². The van der Waals surface area contributed by atoms with Crippen LogP contribution in [-0.2, 0) is 29.0 Å². The quantitative estimate of drug-likeness (QED) is 0.696. The fraction of sp³-hybridized carbons (Fsp3) is 0.462. The Labute approximate surface area is 185 Å². The van der Waals surface area contributed by atoms with Crippen LogP contribution >= 0.6 is 0 Å². The summed E-state index contributed by atoms with van der Waals surface area (Å²) in [5.74, 6) is 1.08. The molecule has 2 aromatic carbocycles. The van der Waals surface area contributed by atoms with Crippen molar-refractivity contribution in [3.8, 4) is 5.75 Å². The number of carbonyl (C=O) groups is 2. The summed E-state index contributed by atoms with van der Waals surface area (Å²) in [5, 5.41) is 3.05. The molecule has 0 saturated carbocycles. The number of carbonyl (C=O) groups excluding carboxylic acids is 2. The summed E-state index contributed by atoms with van der Waals surface area (Å²) < 4.78 is 5.67. The first-order valence-corrected chi connectivity index (χ1v) is 11.2. The van der Waals surface area contributed by atoms with E-state index >= 15 is 0 Å². The summed E-state index contributed by atoms with van der Waals surface area (Å²) in [5.41, 5.74) is 3.42. The summed E-state index contributed by atoms with van der Waals surface area (Å²) in [6, 6.07) is 15.6. The first kappa shape index (κ1) is 22.9. The molecule has 1 aliphatic rings. The molecule has 1 unspecified atom stereocenters. The van der Waals surface area contributed by atoms with Crippen LogP contribution in [0.4, 0.5) is 0 Å². The predicted octanol–water partition coefficient (Wildman–Crippen LogP) is 4.13. The molecule has 1 atom stereocenters. The minimum Gasteiger partial charge on any atom is -0.491 e. The molecule has 3 rings (SSSR count). The van der Waals surface area contributed by atoms with Crippen LogP contribution < -0.4 is 10.1 Å². The molecular weight excluding hydrogens is 388 g/mol. The molecule has 166 valence electrons. The number of ether oxygens (including phenoxy) is 1. The molecule has 5 nitrogen and oxygen atoms in total. The van der Waals surface area contributed by atoms with Gasteiger partial charge in [-0.2, -0.15) is 0 Å². The van der Waals surface area contributed by atoms with Crippen LogP contribution in [-0.4, -0.2) is 35.4 Å². The van der Waals surface area contributed by atoms with Crippen molar-refractivity contribution in [1.29, 1.82) is 0 Å². The first-order chi connectivity index (χ1) is 14.8. The summed E-state index contributed by atoms with van der Waals surface area (Å²) in [7, 11) is 0. The van der Waals surface area contributed by atoms with Crippen molar-refractivity contribution in [2.45, 2.75) is 65.6 Å². The average Bonchev–Trinajstić information content (AvgIpc) is 2.73. The van der Waals surface area contributed by atoms with E-state index < -0.39 is 6.04 Å². The van der Waals surface area contributed by atoms with E-state index in [1.807, 2.05) is 70.2 Å². The van der Waals surface area contributed by atoms with Crippen molar-refractivity contribution in [2.75, 3.05) is 6.54 Å². The maximum Gasteiger partial charge on any atom is 0.243 e. The van der Waals surface area contributed by atoms with Gasteiger partial charge in [0.2, 0.25) is 11.8 Å². The van der Waals surface area contributed by atoms with Gasteiger partial charge in [-0.25, -0.2) is 0 Å². The minimum absolute atomic E-state index is 0.0467. The average molecular weight is 423 g/mol. The lowest BCUT2D eigenvalue weighted by atomic mass is 9.92. The highest BCUT2D eigenvalue weighted by Crippen LogP contribution is 2.25. The zero-order valence-electron chi connectivity index (χ0n) is 19.1. The smallest absolute Gasteiger partial charge is 0.243 e. The van der Waals surface area contributed by atoms with Crippen LogP contribution in [0.15, 0.2) is 48.5 Å². The van der Waals surface area contributed by atoms with E-state index in [-0.39, 0.29) is 23.8 Å². The Balaban J connectivity index is 1.62. The van der Waals surface area contributed by atoms with Gasteiger partial charge in [-0.1, -0.05) is 50.2 Å². The second kappa shape index (κ2) is 10.5. The molecule has 2 aromatic rings. The van der Waals surface area contributed by atoms with Crippen LogP contribution in [0, 0.1) is 5.92 Å². The Bertz CT molecular complexity index is 890. The second-order valence-electron chi connectivity index (χ2n) is 8.96. The molecule has 0 fully saturated rings. The molecule has 2 amide bonds. The van der Waals surface area contributed by atoms with Crippen LogP contribution in [0.5, 0.6) is 5.75 Å². The fourth-order valence-corrected chi connectivity index (χ4v) is 3.94. The topological polar surface area (TPSA) is 58.6 Å². The van der Waals surface area contributed by atoms with Gasteiger partial charge in [-0.15, -0.1) is 0 Å². The molecule has 0 bridgehead atoms. The molecular formula is C26H34N2O3. The Morgan fingerprint density at radius 3 is 2.35 bits per heavy atom.